The van der Waals surface area contributed by atoms with Crippen molar-refractivity contribution in [2.24, 2.45) is 0 Å². The number of aryl methyl sites for hydroxylation is 1. The minimum Gasteiger partial charge on any atom is -0.148 e. The minimum atomic E-state index is 0.880. The van der Waals surface area contributed by atoms with Gasteiger partial charge >= 0.3 is 0 Å². The van der Waals surface area contributed by atoms with E-state index in [9.17, 15) is 0 Å². The highest BCUT2D eigenvalue weighted by Gasteiger charge is 1.89. The summed E-state index contributed by atoms with van der Waals surface area (Å²) in [6, 6.07) is 1.90. The van der Waals surface area contributed by atoms with E-state index in [1.54, 1.807) is 11.3 Å². The first-order valence-electron chi connectivity index (χ1n) is 2.00. The number of rotatable bonds is 0. The highest BCUT2D eigenvalue weighted by molar-refractivity contribution is 7.10. The summed E-state index contributed by atoms with van der Waals surface area (Å²) in [4.78, 5) is 1.20. The van der Waals surface area contributed by atoms with Gasteiger partial charge in [-0.3, -0.25) is 0 Å². The van der Waals surface area contributed by atoms with Crippen LogP contribution in [0.3, 0.4) is 0 Å². The topological polar surface area (TPSA) is 0 Å². The van der Waals surface area contributed by atoms with Crippen LogP contribution in [0, 0.1) is 6.92 Å². The Balaban J connectivity index is 3.12. The number of thiophene rings is 1. The molecule has 0 saturated heterocycles. The number of halogens is 1. The van der Waals surface area contributed by atoms with Crippen molar-refractivity contribution in [1.82, 2.24) is 0 Å². The van der Waals surface area contributed by atoms with Crippen LogP contribution >= 0.6 is 22.9 Å². The molecule has 0 aliphatic heterocycles. The third kappa shape index (κ3) is 0.956. The molecule has 1 rings (SSSR count). The van der Waals surface area contributed by atoms with Crippen LogP contribution in [0.2, 0.25) is 5.02 Å². The van der Waals surface area contributed by atoms with E-state index in [1.165, 1.54) is 4.88 Å². The Morgan fingerprint density at radius 3 is 2.57 bits per heavy atom. The van der Waals surface area contributed by atoms with E-state index in [2.05, 4.69) is 0 Å². The fraction of sp³-hybridized carbons (Fsp3) is 0.200. The molecule has 0 aliphatic carbocycles. The van der Waals surface area contributed by atoms with Crippen molar-refractivity contribution in [2.45, 2.75) is 6.92 Å². The molecule has 1 heterocycles. The molecule has 0 N–H and O–H groups in total. The normalized spacial score (nSPS) is 9.43. The van der Waals surface area contributed by atoms with E-state index >= 15 is 0 Å². The lowest BCUT2D eigenvalue weighted by atomic mass is 10.5. The van der Waals surface area contributed by atoms with Gasteiger partial charge in [0.2, 0.25) is 0 Å². The Kier molecular flexibility index (Phi) is 1.35. The molecule has 0 spiro atoms. The molecule has 0 atom stereocenters. The minimum absolute atomic E-state index is 0.880. The van der Waals surface area contributed by atoms with E-state index in [-0.39, 0.29) is 0 Å². The second-order valence-electron chi connectivity index (χ2n) is 1.32. The third-order valence-electron chi connectivity index (χ3n) is 0.796. The van der Waals surface area contributed by atoms with E-state index < -0.39 is 0 Å². The monoisotopic (exact) mass is 132 g/mol. The van der Waals surface area contributed by atoms with Crippen LogP contribution in [0.4, 0.5) is 0 Å². The van der Waals surface area contributed by atoms with Gasteiger partial charge in [0.15, 0.2) is 0 Å². The van der Waals surface area contributed by atoms with Gasteiger partial charge in [-0.05, 0) is 18.4 Å². The maximum Gasteiger partial charge on any atom is 0.0542 e. The van der Waals surface area contributed by atoms with Gasteiger partial charge in [0.05, 0.1) is 5.02 Å². The summed E-state index contributed by atoms with van der Waals surface area (Å²) in [6.45, 7) is 2.01. The Labute approximate surface area is 51.7 Å². The molecule has 38 valence electrons. The molecule has 0 nitrogen and oxygen atoms in total. The van der Waals surface area contributed by atoms with Gasteiger partial charge in [0.25, 0.3) is 0 Å². The van der Waals surface area contributed by atoms with Crippen LogP contribution in [-0.2, 0) is 0 Å². The summed E-state index contributed by atoms with van der Waals surface area (Å²) < 4.78 is 0. The van der Waals surface area contributed by atoms with Gasteiger partial charge in [-0.1, -0.05) is 11.6 Å². The lowest BCUT2D eigenvalue weighted by Crippen LogP contribution is -1.52. The molecular weight excluding hydrogens is 128 g/mol. The summed E-state index contributed by atoms with van der Waals surface area (Å²) in [6.07, 6.45) is 0. The molecule has 2 heteroatoms. The molecule has 1 aromatic rings. The Hall–Kier alpha value is -0.0100. The summed E-state index contributed by atoms with van der Waals surface area (Å²) >= 11 is 7.31. The molecule has 0 fully saturated rings. The van der Waals surface area contributed by atoms with Crippen molar-refractivity contribution in [3.63, 3.8) is 0 Å². The highest BCUT2D eigenvalue weighted by Crippen LogP contribution is 2.19. The zero-order chi connectivity index (χ0) is 5.28. The van der Waals surface area contributed by atoms with Crippen molar-refractivity contribution in [1.29, 1.82) is 0 Å². The predicted molar refractivity (Wildman–Crippen MR) is 34.1 cm³/mol. The van der Waals surface area contributed by atoms with E-state index in [4.69, 9.17) is 11.6 Å². The van der Waals surface area contributed by atoms with Crippen molar-refractivity contribution >= 4 is 22.9 Å². The summed E-state index contributed by atoms with van der Waals surface area (Å²) in [5.74, 6) is 0. The van der Waals surface area contributed by atoms with Crippen molar-refractivity contribution in [3.05, 3.63) is 21.3 Å². The van der Waals surface area contributed by atoms with Crippen molar-refractivity contribution in [2.75, 3.05) is 0 Å². The molecule has 7 heavy (non-hydrogen) atoms. The molecule has 0 radical (unpaired) electrons. The van der Waals surface area contributed by atoms with E-state index in [0.717, 1.165) is 5.02 Å². The van der Waals surface area contributed by atoms with E-state index in [0.29, 0.717) is 0 Å². The first kappa shape index (κ1) is 5.13. The summed E-state index contributed by atoms with van der Waals surface area (Å²) in [7, 11) is 0. The fourth-order valence-corrected chi connectivity index (χ4v) is 1.23. The van der Waals surface area contributed by atoms with Crippen molar-refractivity contribution in [3.8, 4) is 0 Å². The summed E-state index contributed by atoms with van der Waals surface area (Å²) in [5, 5.41) is 2.86. The largest absolute Gasteiger partial charge is 0.148 e. The lowest BCUT2D eigenvalue weighted by molar-refractivity contribution is 1.64. The zero-order valence-electron chi connectivity index (χ0n) is 3.94. The van der Waals surface area contributed by atoms with Gasteiger partial charge in [0, 0.05) is 4.88 Å². The smallest absolute Gasteiger partial charge is 0.0542 e. The standard InChI is InChI=1S/C5H5ClS/c1-4-5(6)2-3-7-4/h2-3H,1H3. The highest BCUT2D eigenvalue weighted by atomic mass is 35.5. The first-order valence-corrected chi connectivity index (χ1v) is 3.26. The van der Waals surface area contributed by atoms with Crippen LogP contribution < -0.4 is 0 Å². The van der Waals surface area contributed by atoms with Gasteiger partial charge < -0.3 is 0 Å². The third-order valence-corrected chi connectivity index (χ3v) is 2.16. The number of hydrogen-bond donors (Lipinski definition) is 0. The molecule has 0 saturated carbocycles. The lowest BCUT2D eigenvalue weighted by Gasteiger charge is -1.76. The van der Waals surface area contributed by atoms with Crippen LogP contribution in [0.15, 0.2) is 11.4 Å². The molecule has 0 unspecified atom stereocenters. The Bertz CT molecular complexity index is 140. The Morgan fingerprint density at radius 1 is 1.71 bits per heavy atom. The van der Waals surface area contributed by atoms with Gasteiger partial charge in [-0.2, -0.15) is 0 Å². The molecular formula is C5H5ClS. The average Bonchev–Trinajstić information content (AvgIpc) is 1.91. The summed E-state index contributed by atoms with van der Waals surface area (Å²) in [5.41, 5.74) is 0. The van der Waals surface area contributed by atoms with Gasteiger partial charge in [0.1, 0.15) is 0 Å². The first-order chi connectivity index (χ1) is 3.30. The van der Waals surface area contributed by atoms with Crippen molar-refractivity contribution < 1.29 is 0 Å². The van der Waals surface area contributed by atoms with Crippen LogP contribution in [0.25, 0.3) is 0 Å². The molecule has 1 aromatic heterocycles. The van der Waals surface area contributed by atoms with Gasteiger partial charge in [-0.25, -0.2) is 0 Å². The van der Waals surface area contributed by atoms with E-state index in [1.807, 2.05) is 18.4 Å². The van der Waals surface area contributed by atoms with Crippen LogP contribution in [0.5, 0.6) is 0 Å². The molecule has 0 aromatic carbocycles. The zero-order valence-corrected chi connectivity index (χ0v) is 5.51. The maximum atomic E-state index is 5.63. The molecule has 0 aliphatic rings. The second kappa shape index (κ2) is 1.85. The maximum absolute atomic E-state index is 5.63. The number of hydrogen-bond acceptors (Lipinski definition) is 1. The van der Waals surface area contributed by atoms with Gasteiger partial charge in [-0.15, -0.1) is 11.3 Å². The predicted octanol–water partition coefficient (Wildman–Crippen LogP) is 2.71. The Morgan fingerprint density at radius 2 is 2.43 bits per heavy atom. The quantitative estimate of drug-likeness (QED) is 0.509. The second-order valence-corrected chi connectivity index (χ2v) is 2.85. The average molecular weight is 133 g/mol. The van der Waals surface area contributed by atoms with Crippen LogP contribution in [-0.4, -0.2) is 0 Å². The molecule has 0 amide bonds. The SMILES string of the molecule is Cc1sccc1Cl. The fourth-order valence-electron chi connectivity index (χ4n) is 0.369. The van der Waals surface area contributed by atoms with Crippen LogP contribution in [0.1, 0.15) is 4.88 Å². The molecule has 0 bridgehead atoms.